The largest absolute Gasteiger partial charge is 0.352 e. The van der Waals surface area contributed by atoms with Gasteiger partial charge >= 0.3 is 0 Å². The maximum Gasteiger partial charge on any atom is 0.242 e. The zero-order valence-electron chi connectivity index (χ0n) is 18.4. The predicted molar refractivity (Wildman–Crippen MR) is 119 cm³/mol. The van der Waals surface area contributed by atoms with Crippen molar-refractivity contribution in [2.45, 2.75) is 66.0 Å². The molecule has 2 aromatic carbocycles. The van der Waals surface area contributed by atoms with Gasteiger partial charge in [0.1, 0.15) is 6.04 Å². The number of carbonyl (C=O) groups is 2. The van der Waals surface area contributed by atoms with Crippen molar-refractivity contribution >= 4 is 11.8 Å². The molecule has 29 heavy (non-hydrogen) atoms. The summed E-state index contributed by atoms with van der Waals surface area (Å²) in [5.41, 5.74) is 4.54. The Kier molecular flexibility index (Phi) is 8.44. The fraction of sp³-hybridized carbons (Fsp3) is 0.440. The average Bonchev–Trinajstić information content (AvgIpc) is 2.68. The van der Waals surface area contributed by atoms with Crippen LogP contribution in [0.1, 0.15) is 49.4 Å². The van der Waals surface area contributed by atoms with Crippen LogP contribution in [0.4, 0.5) is 0 Å². The molecule has 4 nitrogen and oxygen atoms in total. The van der Waals surface area contributed by atoms with Gasteiger partial charge in [-0.3, -0.25) is 9.59 Å². The molecule has 2 amide bonds. The lowest BCUT2D eigenvalue weighted by Gasteiger charge is -2.31. The zero-order valence-corrected chi connectivity index (χ0v) is 18.4. The molecule has 0 spiro atoms. The second kappa shape index (κ2) is 10.8. The summed E-state index contributed by atoms with van der Waals surface area (Å²) in [6.45, 7) is 10.5. The first kappa shape index (κ1) is 22.7. The van der Waals surface area contributed by atoms with Gasteiger partial charge in [0.25, 0.3) is 0 Å². The Morgan fingerprint density at radius 1 is 0.966 bits per heavy atom. The molecule has 0 fully saturated rings. The summed E-state index contributed by atoms with van der Waals surface area (Å²) >= 11 is 0. The molecule has 0 bridgehead atoms. The summed E-state index contributed by atoms with van der Waals surface area (Å²) in [7, 11) is 0. The predicted octanol–water partition coefficient (Wildman–Crippen LogP) is 4.22. The Labute approximate surface area is 175 Å². The second-order valence-electron chi connectivity index (χ2n) is 8.01. The van der Waals surface area contributed by atoms with Gasteiger partial charge < -0.3 is 10.2 Å². The van der Waals surface area contributed by atoms with Gasteiger partial charge in [0, 0.05) is 12.6 Å². The van der Waals surface area contributed by atoms with E-state index in [0.29, 0.717) is 19.4 Å². The number of nitrogens with one attached hydrogen (secondary N) is 1. The van der Waals surface area contributed by atoms with E-state index < -0.39 is 6.04 Å². The number of amides is 2. The third-order valence-corrected chi connectivity index (χ3v) is 5.23. The number of hydrogen-bond acceptors (Lipinski definition) is 2. The van der Waals surface area contributed by atoms with Crippen molar-refractivity contribution in [1.82, 2.24) is 10.2 Å². The number of nitrogens with zero attached hydrogens (tertiary/aromatic N) is 1. The topological polar surface area (TPSA) is 49.4 Å². The minimum atomic E-state index is -0.458. The number of carbonyl (C=O) groups excluding carboxylic acids is 2. The molecular weight excluding hydrogens is 360 g/mol. The lowest BCUT2D eigenvalue weighted by Crippen LogP contribution is -2.51. The summed E-state index contributed by atoms with van der Waals surface area (Å²) in [5.74, 6) is -0.0843. The van der Waals surface area contributed by atoms with Crippen molar-refractivity contribution in [3.05, 3.63) is 70.8 Å². The molecule has 1 atom stereocenters. The van der Waals surface area contributed by atoms with E-state index in [0.717, 1.165) is 17.5 Å². The Morgan fingerprint density at radius 3 is 2.24 bits per heavy atom. The van der Waals surface area contributed by atoms with Crippen LogP contribution in [-0.2, 0) is 22.4 Å². The molecule has 156 valence electrons. The molecule has 0 aliphatic carbocycles. The summed E-state index contributed by atoms with van der Waals surface area (Å²) in [6, 6.07) is 15.8. The van der Waals surface area contributed by atoms with Gasteiger partial charge in [-0.15, -0.1) is 0 Å². The molecule has 2 aromatic rings. The van der Waals surface area contributed by atoms with Gasteiger partial charge in [0.05, 0.1) is 6.42 Å². The first-order chi connectivity index (χ1) is 13.8. The molecule has 0 aliphatic rings. The highest BCUT2D eigenvalue weighted by atomic mass is 16.2. The lowest BCUT2D eigenvalue weighted by molar-refractivity contribution is -0.140. The van der Waals surface area contributed by atoms with Crippen LogP contribution in [0.3, 0.4) is 0 Å². The van der Waals surface area contributed by atoms with Crippen LogP contribution in [0, 0.1) is 13.8 Å². The highest BCUT2D eigenvalue weighted by molar-refractivity contribution is 5.88. The molecule has 4 heteroatoms. The molecule has 0 radical (unpaired) electrons. The molecule has 0 saturated carbocycles. The summed E-state index contributed by atoms with van der Waals surface area (Å²) < 4.78 is 0. The van der Waals surface area contributed by atoms with E-state index in [1.165, 1.54) is 11.1 Å². The molecular formula is C25H34N2O2. The van der Waals surface area contributed by atoms with E-state index in [1.807, 2.05) is 45.0 Å². The number of rotatable bonds is 9. The quantitative estimate of drug-likeness (QED) is 0.692. The number of aryl methyl sites for hydroxylation is 2. The van der Waals surface area contributed by atoms with E-state index in [2.05, 4.69) is 43.4 Å². The first-order valence-corrected chi connectivity index (χ1v) is 10.5. The van der Waals surface area contributed by atoms with Gasteiger partial charge in [-0.2, -0.15) is 0 Å². The van der Waals surface area contributed by atoms with E-state index in [1.54, 1.807) is 4.90 Å². The number of benzene rings is 2. The summed E-state index contributed by atoms with van der Waals surface area (Å²) in [4.78, 5) is 27.8. The normalized spacial score (nSPS) is 11.9. The molecule has 0 saturated heterocycles. The second-order valence-corrected chi connectivity index (χ2v) is 8.01. The lowest BCUT2D eigenvalue weighted by atomic mass is 10.0. The first-order valence-electron chi connectivity index (χ1n) is 10.5. The van der Waals surface area contributed by atoms with E-state index in [-0.39, 0.29) is 17.9 Å². The van der Waals surface area contributed by atoms with Crippen LogP contribution in [0.15, 0.2) is 48.5 Å². The highest BCUT2D eigenvalue weighted by Gasteiger charge is 2.28. The standard InChI is InChI=1S/C25H34N2O2/c1-6-23(25(29)26-18(2)3)27(15-14-21-10-8-7-9-11-21)24(28)17-22-13-12-19(4)20(5)16-22/h7-13,16,18,23H,6,14-15,17H2,1-5H3,(H,26,29)/t23-/m1/s1. The van der Waals surface area contributed by atoms with Crippen molar-refractivity contribution in [2.24, 2.45) is 0 Å². The SMILES string of the molecule is CC[C@H](C(=O)NC(C)C)N(CCc1ccccc1)C(=O)Cc1ccc(C)c(C)c1. The Bertz CT molecular complexity index is 815. The van der Waals surface area contributed by atoms with Crippen molar-refractivity contribution in [3.63, 3.8) is 0 Å². The molecule has 0 aliphatic heterocycles. The maximum atomic E-state index is 13.3. The fourth-order valence-corrected chi connectivity index (χ4v) is 3.47. The Hall–Kier alpha value is -2.62. The molecule has 2 rings (SSSR count). The monoisotopic (exact) mass is 394 g/mol. The molecule has 0 aromatic heterocycles. The van der Waals surface area contributed by atoms with E-state index >= 15 is 0 Å². The molecule has 0 unspecified atom stereocenters. The van der Waals surface area contributed by atoms with Gasteiger partial charge in [-0.1, -0.05) is 55.5 Å². The smallest absolute Gasteiger partial charge is 0.242 e. The Balaban J connectivity index is 2.22. The van der Waals surface area contributed by atoms with Gasteiger partial charge in [0.2, 0.25) is 11.8 Å². The zero-order chi connectivity index (χ0) is 21.4. The average molecular weight is 395 g/mol. The van der Waals surface area contributed by atoms with E-state index in [9.17, 15) is 9.59 Å². The fourth-order valence-electron chi connectivity index (χ4n) is 3.47. The van der Waals surface area contributed by atoms with Crippen LogP contribution in [0.5, 0.6) is 0 Å². The third-order valence-electron chi connectivity index (χ3n) is 5.23. The van der Waals surface area contributed by atoms with Gasteiger partial charge in [-0.25, -0.2) is 0 Å². The third kappa shape index (κ3) is 6.74. The van der Waals surface area contributed by atoms with Crippen molar-refractivity contribution in [2.75, 3.05) is 6.54 Å². The number of hydrogen-bond donors (Lipinski definition) is 1. The van der Waals surface area contributed by atoms with Crippen LogP contribution in [0.25, 0.3) is 0 Å². The Morgan fingerprint density at radius 2 is 1.66 bits per heavy atom. The van der Waals surface area contributed by atoms with Gasteiger partial charge in [-0.05, 0) is 62.8 Å². The van der Waals surface area contributed by atoms with Crippen molar-refractivity contribution in [1.29, 1.82) is 0 Å². The highest BCUT2D eigenvalue weighted by Crippen LogP contribution is 2.15. The van der Waals surface area contributed by atoms with Crippen LogP contribution in [-0.4, -0.2) is 35.3 Å². The van der Waals surface area contributed by atoms with Crippen molar-refractivity contribution < 1.29 is 9.59 Å². The van der Waals surface area contributed by atoms with Crippen LogP contribution >= 0.6 is 0 Å². The molecule has 1 N–H and O–H groups in total. The molecule has 0 heterocycles. The van der Waals surface area contributed by atoms with Crippen LogP contribution < -0.4 is 5.32 Å². The minimum Gasteiger partial charge on any atom is -0.352 e. The minimum absolute atomic E-state index is 0.00468. The maximum absolute atomic E-state index is 13.3. The summed E-state index contributed by atoms with van der Waals surface area (Å²) in [5, 5.41) is 2.97. The van der Waals surface area contributed by atoms with E-state index in [4.69, 9.17) is 0 Å². The van der Waals surface area contributed by atoms with Crippen molar-refractivity contribution in [3.8, 4) is 0 Å². The summed E-state index contributed by atoms with van der Waals surface area (Å²) in [6.07, 6.45) is 1.62. The van der Waals surface area contributed by atoms with Crippen LogP contribution in [0.2, 0.25) is 0 Å². The van der Waals surface area contributed by atoms with Gasteiger partial charge in [0.15, 0.2) is 0 Å².